The zero-order chi connectivity index (χ0) is 15.1. The lowest BCUT2D eigenvalue weighted by molar-refractivity contribution is 0.619. The van der Waals surface area contributed by atoms with Crippen LogP contribution in [0.25, 0.3) is 0 Å². The Kier molecular flexibility index (Phi) is 3.21. The van der Waals surface area contributed by atoms with Crippen LogP contribution in [-0.2, 0) is 0 Å². The second kappa shape index (κ2) is 5.23. The summed E-state index contributed by atoms with van der Waals surface area (Å²) < 4.78 is 13.4. The first kappa shape index (κ1) is 13.5. The molecule has 0 unspecified atom stereocenters. The maximum atomic E-state index is 13.4. The van der Waals surface area contributed by atoms with Crippen molar-refractivity contribution in [3.63, 3.8) is 0 Å². The lowest BCUT2D eigenvalue weighted by Gasteiger charge is -2.11. The van der Waals surface area contributed by atoms with Crippen LogP contribution in [0.2, 0.25) is 0 Å². The Labute approximate surface area is 129 Å². The summed E-state index contributed by atoms with van der Waals surface area (Å²) in [7, 11) is 0. The summed E-state index contributed by atoms with van der Waals surface area (Å²) in [6.45, 7) is 1.76. The predicted molar refractivity (Wildman–Crippen MR) is 85.1 cm³/mol. The van der Waals surface area contributed by atoms with Crippen molar-refractivity contribution in [1.82, 2.24) is 9.97 Å². The molecule has 4 nitrogen and oxygen atoms in total. The van der Waals surface area contributed by atoms with Gasteiger partial charge in [0.15, 0.2) is 0 Å². The lowest BCUT2D eigenvalue weighted by atomic mass is 10.2. The molecule has 2 aromatic rings. The minimum absolute atomic E-state index is 0.192. The maximum Gasteiger partial charge on any atom is 0.225 e. The fourth-order valence-electron chi connectivity index (χ4n) is 2.46. The van der Waals surface area contributed by atoms with Crippen LogP contribution in [0.3, 0.4) is 0 Å². The summed E-state index contributed by atoms with van der Waals surface area (Å²) in [6.07, 6.45) is 4.79. The van der Waals surface area contributed by atoms with Crippen molar-refractivity contribution in [3.05, 3.63) is 41.3 Å². The van der Waals surface area contributed by atoms with Gasteiger partial charge < -0.3 is 10.6 Å². The zero-order valence-corrected chi connectivity index (χ0v) is 12.6. The third-order valence-electron chi connectivity index (χ3n) is 4.08. The average molecular weight is 298 g/mol. The number of anilines is 3. The largest absolute Gasteiger partial charge is 0.351 e. The van der Waals surface area contributed by atoms with Gasteiger partial charge in [0.05, 0.1) is 5.69 Å². The molecule has 2 aliphatic rings. The molecular formula is C17H19FN4. The number of benzene rings is 1. The van der Waals surface area contributed by atoms with Crippen molar-refractivity contribution in [2.75, 3.05) is 10.6 Å². The third-order valence-corrected chi connectivity index (χ3v) is 4.08. The highest BCUT2D eigenvalue weighted by atomic mass is 19.1. The molecule has 4 rings (SSSR count). The van der Waals surface area contributed by atoms with Crippen LogP contribution in [0.1, 0.15) is 42.9 Å². The van der Waals surface area contributed by atoms with Crippen LogP contribution in [0.4, 0.5) is 21.8 Å². The van der Waals surface area contributed by atoms with Crippen molar-refractivity contribution in [2.24, 2.45) is 0 Å². The molecule has 2 saturated carbocycles. The molecule has 5 heteroatoms. The Bertz CT molecular complexity index is 708. The molecule has 2 aliphatic carbocycles. The molecule has 0 saturated heterocycles. The summed E-state index contributed by atoms with van der Waals surface area (Å²) in [6, 6.07) is 7.53. The summed E-state index contributed by atoms with van der Waals surface area (Å²) in [5.74, 6) is 1.85. The van der Waals surface area contributed by atoms with Gasteiger partial charge in [0.1, 0.15) is 11.6 Å². The van der Waals surface area contributed by atoms with E-state index in [9.17, 15) is 4.39 Å². The molecular weight excluding hydrogens is 279 g/mol. The maximum absolute atomic E-state index is 13.4. The number of nitrogens with zero attached hydrogens (tertiary/aromatic N) is 2. The van der Waals surface area contributed by atoms with Gasteiger partial charge in [-0.25, -0.2) is 9.37 Å². The number of hydrogen-bond donors (Lipinski definition) is 2. The molecule has 114 valence electrons. The first-order valence-corrected chi connectivity index (χ1v) is 7.86. The molecule has 0 spiro atoms. The van der Waals surface area contributed by atoms with Gasteiger partial charge in [-0.1, -0.05) is 0 Å². The van der Waals surface area contributed by atoms with Gasteiger partial charge in [-0.2, -0.15) is 4.98 Å². The normalized spacial score (nSPS) is 17.4. The van der Waals surface area contributed by atoms with E-state index in [-0.39, 0.29) is 5.82 Å². The molecule has 1 heterocycles. The Morgan fingerprint density at radius 3 is 2.59 bits per heavy atom. The smallest absolute Gasteiger partial charge is 0.225 e. The monoisotopic (exact) mass is 298 g/mol. The second-order valence-corrected chi connectivity index (χ2v) is 6.28. The van der Waals surface area contributed by atoms with E-state index in [1.165, 1.54) is 31.7 Å². The Balaban J connectivity index is 1.61. The number of aromatic nitrogens is 2. The molecule has 22 heavy (non-hydrogen) atoms. The number of hydrogen-bond acceptors (Lipinski definition) is 4. The fourth-order valence-corrected chi connectivity index (χ4v) is 2.46. The first-order valence-electron chi connectivity index (χ1n) is 7.86. The van der Waals surface area contributed by atoms with Crippen molar-refractivity contribution in [2.45, 2.75) is 44.6 Å². The number of halogens is 1. The molecule has 2 fully saturated rings. The minimum atomic E-state index is -0.192. The van der Waals surface area contributed by atoms with Crippen molar-refractivity contribution in [3.8, 4) is 0 Å². The topological polar surface area (TPSA) is 49.8 Å². The second-order valence-electron chi connectivity index (χ2n) is 6.28. The summed E-state index contributed by atoms with van der Waals surface area (Å²) >= 11 is 0. The van der Waals surface area contributed by atoms with Crippen LogP contribution >= 0.6 is 0 Å². The van der Waals surface area contributed by atoms with Crippen LogP contribution in [-0.4, -0.2) is 16.0 Å². The van der Waals surface area contributed by atoms with Crippen molar-refractivity contribution >= 4 is 17.5 Å². The molecule has 0 atom stereocenters. The zero-order valence-electron chi connectivity index (χ0n) is 12.6. The van der Waals surface area contributed by atoms with E-state index in [2.05, 4.69) is 20.6 Å². The number of rotatable bonds is 5. The lowest BCUT2D eigenvalue weighted by Crippen LogP contribution is -2.08. The third kappa shape index (κ3) is 3.03. The minimum Gasteiger partial charge on any atom is -0.351 e. The highest BCUT2D eigenvalue weighted by Gasteiger charge is 2.27. The van der Waals surface area contributed by atoms with Gasteiger partial charge in [0.25, 0.3) is 0 Å². The number of nitrogens with one attached hydrogen (secondary N) is 2. The standard InChI is InChI=1S/C17H19FN4/c1-10-8-13(6-7-14(10)18)19-16-9-15(11-2-3-11)21-17(22-16)20-12-4-5-12/h6-9,11-12H,2-5H2,1H3,(H2,19,20,21,22). The number of aryl methyl sites for hydroxylation is 1. The van der Waals surface area contributed by atoms with E-state index in [1.54, 1.807) is 19.1 Å². The van der Waals surface area contributed by atoms with Crippen LogP contribution in [0, 0.1) is 12.7 Å². The van der Waals surface area contributed by atoms with Crippen LogP contribution < -0.4 is 10.6 Å². The van der Waals surface area contributed by atoms with Crippen LogP contribution in [0.5, 0.6) is 0 Å². The molecule has 0 aliphatic heterocycles. The SMILES string of the molecule is Cc1cc(Nc2cc(C3CC3)nc(NC3CC3)n2)ccc1F. The van der Waals surface area contributed by atoms with E-state index in [0.717, 1.165) is 17.2 Å². The molecule has 1 aromatic carbocycles. The molecule has 0 bridgehead atoms. The average Bonchev–Trinajstić information content (AvgIpc) is 3.35. The van der Waals surface area contributed by atoms with Crippen molar-refractivity contribution < 1.29 is 4.39 Å². The Morgan fingerprint density at radius 2 is 1.91 bits per heavy atom. The van der Waals surface area contributed by atoms with Gasteiger partial charge >= 0.3 is 0 Å². The highest BCUT2D eigenvalue weighted by molar-refractivity contribution is 5.59. The molecule has 2 N–H and O–H groups in total. The summed E-state index contributed by atoms with van der Waals surface area (Å²) in [4.78, 5) is 9.17. The van der Waals surface area contributed by atoms with Gasteiger partial charge in [-0.05, 0) is 56.4 Å². The molecule has 0 amide bonds. The van der Waals surface area contributed by atoms with Gasteiger partial charge in [0.2, 0.25) is 5.95 Å². The van der Waals surface area contributed by atoms with Gasteiger partial charge in [-0.15, -0.1) is 0 Å². The Hall–Kier alpha value is -2.17. The summed E-state index contributed by atoms with van der Waals surface area (Å²) in [5, 5.41) is 6.63. The van der Waals surface area contributed by atoms with E-state index in [1.807, 2.05) is 6.07 Å². The van der Waals surface area contributed by atoms with Gasteiger partial charge in [-0.3, -0.25) is 0 Å². The Morgan fingerprint density at radius 1 is 1.09 bits per heavy atom. The van der Waals surface area contributed by atoms with E-state index in [4.69, 9.17) is 0 Å². The molecule has 1 aromatic heterocycles. The highest BCUT2D eigenvalue weighted by Crippen LogP contribution is 2.40. The van der Waals surface area contributed by atoms with E-state index >= 15 is 0 Å². The first-order chi connectivity index (χ1) is 10.7. The van der Waals surface area contributed by atoms with Crippen molar-refractivity contribution in [1.29, 1.82) is 0 Å². The van der Waals surface area contributed by atoms with Gasteiger partial charge in [0, 0.05) is 23.7 Å². The van der Waals surface area contributed by atoms with Crippen LogP contribution in [0.15, 0.2) is 24.3 Å². The fraction of sp³-hybridized carbons (Fsp3) is 0.412. The molecule has 0 radical (unpaired) electrons. The van der Waals surface area contributed by atoms with E-state index < -0.39 is 0 Å². The quantitative estimate of drug-likeness (QED) is 0.872. The predicted octanol–water partition coefficient (Wildman–Crippen LogP) is 4.12. The summed E-state index contributed by atoms with van der Waals surface area (Å²) in [5.41, 5.74) is 2.56. The van der Waals surface area contributed by atoms with E-state index in [0.29, 0.717) is 23.5 Å².